The maximum absolute atomic E-state index is 12.4. The van der Waals surface area contributed by atoms with Crippen LogP contribution >= 0.6 is 0 Å². The van der Waals surface area contributed by atoms with Gasteiger partial charge in [0, 0.05) is 25.3 Å². The van der Waals surface area contributed by atoms with Gasteiger partial charge < -0.3 is 5.32 Å². The van der Waals surface area contributed by atoms with Gasteiger partial charge in [0.25, 0.3) is 0 Å². The lowest BCUT2D eigenvalue weighted by Crippen LogP contribution is -2.30. The van der Waals surface area contributed by atoms with Crippen molar-refractivity contribution < 1.29 is 8.42 Å². The van der Waals surface area contributed by atoms with E-state index in [1.54, 1.807) is 28.9 Å². The SMILES string of the molecule is CCCn1nnnc1CNc1ccc(S(=O)(=O)N(CC)CC)cc1. The quantitative estimate of drug-likeness (QED) is 0.739. The zero-order valence-corrected chi connectivity index (χ0v) is 15.1. The van der Waals surface area contributed by atoms with Gasteiger partial charge in [0.2, 0.25) is 10.0 Å². The summed E-state index contributed by atoms with van der Waals surface area (Å²) in [5.41, 5.74) is 0.819. The van der Waals surface area contributed by atoms with E-state index in [9.17, 15) is 8.42 Å². The number of rotatable bonds is 9. The summed E-state index contributed by atoms with van der Waals surface area (Å²) in [6.45, 7) is 7.89. The zero-order valence-electron chi connectivity index (χ0n) is 14.3. The molecule has 9 heteroatoms. The molecule has 8 nitrogen and oxygen atoms in total. The van der Waals surface area contributed by atoms with Gasteiger partial charge >= 0.3 is 0 Å². The molecule has 0 aliphatic rings. The van der Waals surface area contributed by atoms with Crippen LogP contribution in [0.5, 0.6) is 0 Å². The van der Waals surface area contributed by atoms with Crippen LogP contribution in [0.3, 0.4) is 0 Å². The number of hydrogen-bond donors (Lipinski definition) is 1. The van der Waals surface area contributed by atoms with Crippen LogP contribution in [0.25, 0.3) is 0 Å². The Morgan fingerprint density at radius 2 is 1.79 bits per heavy atom. The van der Waals surface area contributed by atoms with Gasteiger partial charge in [-0.1, -0.05) is 20.8 Å². The molecule has 2 rings (SSSR count). The maximum atomic E-state index is 12.4. The van der Waals surface area contributed by atoms with Crippen molar-refractivity contribution in [1.29, 1.82) is 0 Å². The molecular formula is C15H24N6O2S. The van der Waals surface area contributed by atoms with Crippen molar-refractivity contribution in [3.8, 4) is 0 Å². The van der Waals surface area contributed by atoms with Crippen molar-refractivity contribution in [2.24, 2.45) is 0 Å². The molecule has 24 heavy (non-hydrogen) atoms. The molecule has 0 spiro atoms. The van der Waals surface area contributed by atoms with Crippen molar-refractivity contribution in [2.45, 2.75) is 45.2 Å². The molecule has 0 unspecified atom stereocenters. The molecular weight excluding hydrogens is 328 g/mol. The van der Waals surface area contributed by atoms with E-state index in [4.69, 9.17) is 0 Å². The smallest absolute Gasteiger partial charge is 0.243 e. The highest BCUT2D eigenvalue weighted by molar-refractivity contribution is 7.89. The summed E-state index contributed by atoms with van der Waals surface area (Å²) in [6, 6.07) is 6.74. The van der Waals surface area contributed by atoms with Crippen LogP contribution in [0.4, 0.5) is 5.69 Å². The molecule has 132 valence electrons. The number of nitrogens with one attached hydrogen (secondary N) is 1. The Balaban J connectivity index is 2.06. The molecule has 0 saturated carbocycles. The number of aromatic nitrogens is 4. The normalized spacial score (nSPS) is 11.8. The van der Waals surface area contributed by atoms with Crippen molar-refractivity contribution in [3.63, 3.8) is 0 Å². The minimum Gasteiger partial charge on any atom is -0.378 e. The van der Waals surface area contributed by atoms with E-state index in [1.165, 1.54) is 4.31 Å². The summed E-state index contributed by atoms with van der Waals surface area (Å²) < 4.78 is 28.1. The highest BCUT2D eigenvalue weighted by Crippen LogP contribution is 2.18. The van der Waals surface area contributed by atoms with Crippen LogP contribution in [-0.4, -0.2) is 46.0 Å². The van der Waals surface area contributed by atoms with Gasteiger partial charge in [-0.15, -0.1) is 5.10 Å². The lowest BCUT2D eigenvalue weighted by atomic mass is 10.3. The average Bonchev–Trinajstić information content (AvgIpc) is 3.02. The van der Waals surface area contributed by atoms with E-state index in [0.29, 0.717) is 24.5 Å². The van der Waals surface area contributed by atoms with Crippen molar-refractivity contribution in [2.75, 3.05) is 18.4 Å². The van der Waals surface area contributed by atoms with Gasteiger partial charge in [-0.25, -0.2) is 13.1 Å². The first-order chi connectivity index (χ1) is 11.5. The predicted octanol–water partition coefficient (Wildman–Crippen LogP) is 1.73. The second kappa shape index (κ2) is 8.20. The molecule has 0 aliphatic carbocycles. The Hall–Kier alpha value is -2.00. The van der Waals surface area contributed by atoms with E-state index in [2.05, 4.69) is 27.8 Å². The molecule has 0 atom stereocenters. The summed E-state index contributed by atoms with van der Waals surface area (Å²) >= 11 is 0. The van der Waals surface area contributed by atoms with Crippen molar-refractivity contribution in [3.05, 3.63) is 30.1 Å². The molecule has 2 aromatic rings. The van der Waals surface area contributed by atoms with Crippen molar-refractivity contribution >= 4 is 15.7 Å². The van der Waals surface area contributed by atoms with Crippen LogP contribution in [0.2, 0.25) is 0 Å². The molecule has 1 N–H and O–H groups in total. The fourth-order valence-electron chi connectivity index (χ4n) is 2.37. The lowest BCUT2D eigenvalue weighted by Gasteiger charge is -2.18. The summed E-state index contributed by atoms with van der Waals surface area (Å²) in [4.78, 5) is 0.299. The molecule has 0 aliphatic heterocycles. The third-order valence-corrected chi connectivity index (χ3v) is 5.75. The van der Waals surface area contributed by atoms with Gasteiger partial charge in [-0.3, -0.25) is 0 Å². The van der Waals surface area contributed by atoms with Crippen LogP contribution in [0, 0.1) is 0 Å². The Bertz CT molecular complexity index is 738. The number of hydrogen-bond acceptors (Lipinski definition) is 6. The third kappa shape index (κ3) is 4.09. The van der Waals surface area contributed by atoms with Crippen LogP contribution < -0.4 is 5.32 Å². The minimum atomic E-state index is -3.42. The first kappa shape index (κ1) is 18.3. The number of anilines is 1. The molecule has 1 aromatic carbocycles. The highest BCUT2D eigenvalue weighted by atomic mass is 32.2. The number of nitrogens with zero attached hydrogens (tertiary/aromatic N) is 5. The Morgan fingerprint density at radius 1 is 1.12 bits per heavy atom. The molecule has 1 aromatic heterocycles. The Labute approximate surface area is 142 Å². The van der Waals surface area contributed by atoms with Gasteiger partial charge in [-0.2, -0.15) is 4.31 Å². The first-order valence-electron chi connectivity index (χ1n) is 8.12. The average molecular weight is 352 g/mol. The van der Waals surface area contributed by atoms with Crippen LogP contribution in [-0.2, 0) is 23.1 Å². The second-order valence-electron chi connectivity index (χ2n) is 5.29. The van der Waals surface area contributed by atoms with E-state index in [1.807, 2.05) is 13.8 Å². The summed E-state index contributed by atoms with van der Waals surface area (Å²) in [6.07, 6.45) is 0.954. The fraction of sp³-hybridized carbons (Fsp3) is 0.533. The molecule has 0 saturated heterocycles. The monoisotopic (exact) mass is 352 g/mol. The molecule has 0 fully saturated rings. The van der Waals surface area contributed by atoms with E-state index < -0.39 is 10.0 Å². The number of aryl methyl sites for hydroxylation is 1. The molecule has 0 radical (unpaired) electrons. The van der Waals surface area contributed by atoms with Crippen LogP contribution in [0.1, 0.15) is 33.0 Å². The highest BCUT2D eigenvalue weighted by Gasteiger charge is 2.21. The third-order valence-electron chi connectivity index (χ3n) is 3.69. The Kier molecular flexibility index (Phi) is 6.27. The number of tetrazole rings is 1. The Morgan fingerprint density at radius 3 is 2.38 bits per heavy atom. The standard InChI is InChI=1S/C15H24N6O2S/c1-4-11-21-15(17-18-19-21)12-16-13-7-9-14(10-8-13)24(22,23)20(5-2)6-3/h7-10,16H,4-6,11-12H2,1-3H3. The fourth-order valence-corrected chi connectivity index (χ4v) is 3.83. The largest absolute Gasteiger partial charge is 0.378 e. The van der Waals surface area contributed by atoms with E-state index >= 15 is 0 Å². The zero-order chi connectivity index (χ0) is 17.6. The minimum absolute atomic E-state index is 0.299. The number of benzene rings is 1. The first-order valence-corrected chi connectivity index (χ1v) is 9.56. The van der Waals surface area contributed by atoms with Gasteiger partial charge in [0.05, 0.1) is 11.4 Å². The molecule has 0 amide bonds. The van der Waals surface area contributed by atoms with Gasteiger partial charge in [-0.05, 0) is 41.1 Å². The second-order valence-corrected chi connectivity index (χ2v) is 7.22. The van der Waals surface area contributed by atoms with E-state index in [-0.39, 0.29) is 0 Å². The van der Waals surface area contributed by atoms with E-state index in [0.717, 1.165) is 24.5 Å². The lowest BCUT2D eigenvalue weighted by molar-refractivity contribution is 0.445. The molecule has 0 bridgehead atoms. The number of sulfonamides is 1. The van der Waals surface area contributed by atoms with Crippen molar-refractivity contribution in [1.82, 2.24) is 24.5 Å². The summed E-state index contributed by atoms with van der Waals surface area (Å²) in [5, 5.41) is 14.8. The predicted molar refractivity (Wildman–Crippen MR) is 92.0 cm³/mol. The summed E-state index contributed by atoms with van der Waals surface area (Å²) in [7, 11) is -3.42. The van der Waals surface area contributed by atoms with Gasteiger partial charge in [0.1, 0.15) is 0 Å². The van der Waals surface area contributed by atoms with Gasteiger partial charge in [0.15, 0.2) is 5.82 Å². The maximum Gasteiger partial charge on any atom is 0.243 e. The summed E-state index contributed by atoms with van der Waals surface area (Å²) in [5.74, 6) is 0.747. The topological polar surface area (TPSA) is 93.0 Å². The van der Waals surface area contributed by atoms with Crippen LogP contribution in [0.15, 0.2) is 29.2 Å². The molecule has 1 heterocycles.